The third kappa shape index (κ3) is 3.10. The average Bonchev–Trinajstić information content (AvgIpc) is 2.41. The Hall–Kier alpha value is -2.03. The first kappa shape index (κ1) is 14.4. The van der Waals surface area contributed by atoms with E-state index in [-0.39, 0.29) is 16.1 Å². The van der Waals surface area contributed by atoms with Crippen LogP contribution in [0.4, 0.5) is 5.69 Å². The molecule has 0 aliphatic heterocycles. The summed E-state index contributed by atoms with van der Waals surface area (Å²) >= 11 is 5.77. The molecule has 20 heavy (non-hydrogen) atoms. The second-order valence-corrected chi connectivity index (χ2v) is 6.34. The summed E-state index contributed by atoms with van der Waals surface area (Å²) < 4.78 is 26.8. The third-order valence-electron chi connectivity index (χ3n) is 2.68. The lowest BCUT2D eigenvalue weighted by Crippen LogP contribution is -2.13. The molecule has 0 amide bonds. The number of rotatable bonds is 3. The number of aryl methyl sites for hydroxylation is 1. The van der Waals surface area contributed by atoms with E-state index in [2.05, 4.69) is 4.72 Å². The zero-order valence-corrected chi connectivity index (χ0v) is 12.2. The van der Waals surface area contributed by atoms with Gasteiger partial charge in [-0.25, -0.2) is 8.42 Å². The van der Waals surface area contributed by atoms with Crippen LogP contribution in [0, 0.1) is 18.3 Å². The van der Waals surface area contributed by atoms with Gasteiger partial charge < -0.3 is 0 Å². The predicted octanol–water partition coefficient (Wildman–Crippen LogP) is 3.32. The molecule has 2 aromatic rings. The number of nitrogens with one attached hydrogen (secondary N) is 1. The van der Waals surface area contributed by atoms with Gasteiger partial charge in [-0.2, -0.15) is 5.26 Å². The summed E-state index contributed by atoms with van der Waals surface area (Å²) in [4.78, 5) is 0.141. The van der Waals surface area contributed by atoms with Crippen molar-refractivity contribution in [2.45, 2.75) is 11.8 Å². The molecular formula is C14H11ClN2O2S. The zero-order valence-electron chi connectivity index (χ0n) is 10.6. The molecule has 2 aromatic carbocycles. The highest BCUT2D eigenvalue weighted by molar-refractivity contribution is 7.92. The molecule has 0 fully saturated rings. The van der Waals surface area contributed by atoms with Gasteiger partial charge in [-0.1, -0.05) is 29.3 Å². The second kappa shape index (κ2) is 5.53. The van der Waals surface area contributed by atoms with Crippen LogP contribution >= 0.6 is 11.6 Å². The van der Waals surface area contributed by atoms with E-state index in [1.807, 2.05) is 13.0 Å². The van der Waals surface area contributed by atoms with Gasteiger partial charge in [0.2, 0.25) is 0 Å². The molecule has 0 spiro atoms. The highest BCUT2D eigenvalue weighted by Crippen LogP contribution is 2.23. The fraction of sp³-hybridized carbons (Fsp3) is 0.0714. The van der Waals surface area contributed by atoms with E-state index in [0.29, 0.717) is 5.02 Å². The molecular weight excluding hydrogens is 296 g/mol. The SMILES string of the molecule is Cc1ccc(S(=O)(=O)Nc2ccc(Cl)cc2C#N)cc1. The van der Waals surface area contributed by atoms with Gasteiger partial charge >= 0.3 is 0 Å². The highest BCUT2D eigenvalue weighted by atomic mass is 35.5. The molecule has 0 aromatic heterocycles. The minimum atomic E-state index is -3.72. The van der Waals surface area contributed by atoms with Crippen molar-refractivity contribution in [1.29, 1.82) is 5.26 Å². The Kier molecular flexibility index (Phi) is 3.98. The molecule has 0 aliphatic rings. The molecule has 0 saturated carbocycles. The first-order valence-electron chi connectivity index (χ1n) is 5.71. The molecule has 0 unspecified atom stereocenters. The largest absolute Gasteiger partial charge is 0.278 e. The van der Waals surface area contributed by atoms with Crippen molar-refractivity contribution < 1.29 is 8.42 Å². The highest BCUT2D eigenvalue weighted by Gasteiger charge is 2.15. The smallest absolute Gasteiger partial charge is 0.261 e. The number of halogens is 1. The molecule has 2 rings (SSSR count). The van der Waals surface area contributed by atoms with E-state index < -0.39 is 10.0 Å². The summed E-state index contributed by atoms with van der Waals surface area (Å²) in [5.41, 5.74) is 1.35. The van der Waals surface area contributed by atoms with Crippen LogP contribution in [0.25, 0.3) is 0 Å². The van der Waals surface area contributed by atoms with Crippen LogP contribution in [0.3, 0.4) is 0 Å². The van der Waals surface area contributed by atoms with Crippen molar-refractivity contribution in [1.82, 2.24) is 0 Å². The molecule has 0 heterocycles. The van der Waals surface area contributed by atoms with Crippen LogP contribution in [-0.4, -0.2) is 8.42 Å². The molecule has 0 aliphatic carbocycles. The van der Waals surface area contributed by atoms with Crippen molar-refractivity contribution in [2.75, 3.05) is 4.72 Å². The van der Waals surface area contributed by atoms with E-state index in [0.717, 1.165) is 5.56 Å². The average molecular weight is 307 g/mol. The summed E-state index contributed by atoms with van der Waals surface area (Å²) in [6.07, 6.45) is 0. The monoisotopic (exact) mass is 306 g/mol. The van der Waals surface area contributed by atoms with Crippen LogP contribution in [-0.2, 0) is 10.0 Å². The van der Waals surface area contributed by atoms with Crippen molar-refractivity contribution in [3.8, 4) is 6.07 Å². The van der Waals surface area contributed by atoms with Gasteiger partial charge in [0.1, 0.15) is 6.07 Å². The van der Waals surface area contributed by atoms with Crippen LogP contribution in [0.5, 0.6) is 0 Å². The molecule has 0 bridgehead atoms. The van der Waals surface area contributed by atoms with Crippen molar-refractivity contribution in [3.63, 3.8) is 0 Å². The summed E-state index contributed by atoms with van der Waals surface area (Å²) in [6, 6.07) is 12.8. The first-order chi connectivity index (χ1) is 9.42. The molecule has 0 atom stereocenters. The van der Waals surface area contributed by atoms with E-state index >= 15 is 0 Å². The van der Waals surface area contributed by atoms with E-state index in [1.54, 1.807) is 12.1 Å². The molecule has 1 N–H and O–H groups in total. The van der Waals surface area contributed by atoms with Gasteiger partial charge in [0.15, 0.2) is 0 Å². The molecule has 4 nitrogen and oxygen atoms in total. The van der Waals surface area contributed by atoms with Gasteiger partial charge in [0.25, 0.3) is 10.0 Å². The van der Waals surface area contributed by atoms with E-state index in [9.17, 15) is 8.42 Å². The van der Waals surface area contributed by atoms with E-state index in [1.165, 1.54) is 30.3 Å². The summed E-state index contributed by atoms with van der Waals surface area (Å²) in [7, 11) is -3.72. The number of hydrogen-bond acceptors (Lipinski definition) is 3. The number of nitriles is 1. The van der Waals surface area contributed by atoms with Gasteiger partial charge in [-0.05, 0) is 37.3 Å². The lowest BCUT2D eigenvalue weighted by molar-refractivity contribution is 0.601. The lowest BCUT2D eigenvalue weighted by atomic mass is 10.2. The second-order valence-electron chi connectivity index (χ2n) is 4.22. The molecule has 102 valence electrons. The number of hydrogen-bond donors (Lipinski definition) is 1. The maximum absolute atomic E-state index is 12.2. The molecule has 6 heteroatoms. The predicted molar refractivity (Wildman–Crippen MR) is 78.2 cm³/mol. The quantitative estimate of drug-likeness (QED) is 0.945. The van der Waals surface area contributed by atoms with Crippen LogP contribution in [0.15, 0.2) is 47.4 Å². The fourth-order valence-electron chi connectivity index (χ4n) is 1.62. The Morgan fingerprint density at radius 1 is 1.15 bits per heavy atom. The Balaban J connectivity index is 2.39. The Bertz CT molecular complexity index is 778. The van der Waals surface area contributed by atoms with Gasteiger partial charge in [0, 0.05) is 5.02 Å². The maximum Gasteiger partial charge on any atom is 0.261 e. The van der Waals surface area contributed by atoms with Crippen LogP contribution < -0.4 is 4.72 Å². The normalized spacial score (nSPS) is 10.8. The number of anilines is 1. The van der Waals surface area contributed by atoms with Crippen LogP contribution in [0.2, 0.25) is 5.02 Å². The van der Waals surface area contributed by atoms with E-state index in [4.69, 9.17) is 16.9 Å². The number of nitrogens with zero attached hydrogens (tertiary/aromatic N) is 1. The van der Waals surface area contributed by atoms with Crippen molar-refractivity contribution >= 4 is 27.3 Å². The topological polar surface area (TPSA) is 70.0 Å². The minimum absolute atomic E-state index is 0.141. The molecule has 0 radical (unpaired) electrons. The Morgan fingerprint density at radius 3 is 2.40 bits per heavy atom. The summed E-state index contributed by atoms with van der Waals surface area (Å²) in [5, 5.41) is 9.38. The van der Waals surface area contributed by atoms with Crippen molar-refractivity contribution in [2.24, 2.45) is 0 Å². The maximum atomic E-state index is 12.2. The summed E-state index contributed by atoms with van der Waals surface area (Å²) in [6.45, 7) is 1.87. The van der Waals surface area contributed by atoms with Crippen LogP contribution in [0.1, 0.15) is 11.1 Å². The molecule has 0 saturated heterocycles. The fourth-order valence-corrected chi connectivity index (χ4v) is 2.87. The van der Waals surface area contributed by atoms with Gasteiger partial charge in [0.05, 0.1) is 16.1 Å². The number of benzene rings is 2. The summed E-state index contributed by atoms with van der Waals surface area (Å²) in [5.74, 6) is 0. The standard InChI is InChI=1S/C14H11ClN2O2S/c1-10-2-5-13(6-3-10)20(18,19)17-14-7-4-12(15)8-11(14)9-16/h2-8,17H,1H3. The first-order valence-corrected chi connectivity index (χ1v) is 7.57. The van der Waals surface area contributed by atoms with Gasteiger partial charge in [-0.3, -0.25) is 4.72 Å². The Morgan fingerprint density at radius 2 is 1.80 bits per heavy atom. The number of sulfonamides is 1. The zero-order chi connectivity index (χ0) is 14.8. The third-order valence-corrected chi connectivity index (χ3v) is 4.29. The lowest BCUT2D eigenvalue weighted by Gasteiger charge is -2.10. The Labute approximate surface area is 122 Å². The van der Waals surface area contributed by atoms with Gasteiger partial charge in [-0.15, -0.1) is 0 Å². The minimum Gasteiger partial charge on any atom is -0.278 e. The van der Waals surface area contributed by atoms with Crippen molar-refractivity contribution in [3.05, 3.63) is 58.6 Å².